The molecule has 2 aromatic heterocycles. The van der Waals surface area contributed by atoms with Gasteiger partial charge in [0.25, 0.3) is 0 Å². The zero-order valence-electron chi connectivity index (χ0n) is 22.6. The lowest BCUT2D eigenvalue weighted by Gasteiger charge is -2.28. The molecule has 188 valence electrons. The van der Waals surface area contributed by atoms with E-state index >= 15 is 0 Å². The fourth-order valence-corrected chi connectivity index (χ4v) is 6.89. The Morgan fingerprint density at radius 1 is 0.757 bits per heavy atom. The first-order valence-corrected chi connectivity index (χ1v) is 13.6. The van der Waals surface area contributed by atoms with E-state index in [1.165, 1.54) is 27.8 Å². The summed E-state index contributed by atoms with van der Waals surface area (Å²) in [5.41, 5.74) is 11.7. The third-order valence-corrected chi connectivity index (χ3v) is 8.80. The molecule has 2 aliphatic carbocycles. The molecule has 4 nitrogen and oxygen atoms in total. The second kappa shape index (κ2) is 7.56. The molecule has 5 aromatic rings. The second-order valence-electron chi connectivity index (χ2n) is 12.5. The van der Waals surface area contributed by atoms with Gasteiger partial charge >= 0.3 is 0 Å². The topological polar surface area (TPSA) is 52.1 Å². The van der Waals surface area contributed by atoms with Crippen LogP contribution < -0.4 is 0 Å². The van der Waals surface area contributed by atoms with E-state index < -0.39 is 0 Å². The summed E-state index contributed by atoms with van der Waals surface area (Å²) >= 11 is 0. The molecule has 1 atom stereocenters. The van der Waals surface area contributed by atoms with Crippen LogP contribution in [-0.2, 0) is 17.3 Å². The van der Waals surface area contributed by atoms with Crippen LogP contribution >= 0.6 is 0 Å². The highest BCUT2D eigenvalue weighted by atomic mass is 16.4. The van der Waals surface area contributed by atoms with Crippen molar-refractivity contribution in [3.8, 4) is 11.5 Å². The first-order chi connectivity index (χ1) is 17.6. The van der Waals surface area contributed by atoms with Gasteiger partial charge < -0.3 is 8.83 Å². The van der Waals surface area contributed by atoms with Gasteiger partial charge in [0.15, 0.2) is 17.1 Å². The van der Waals surface area contributed by atoms with E-state index in [0.717, 1.165) is 52.9 Å². The number of hydrogen-bond acceptors (Lipinski definition) is 4. The molecular formula is C33H34N2O2. The molecule has 1 spiro atoms. The first kappa shape index (κ1) is 22.8. The van der Waals surface area contributed by atoms with Crippen molar-refractivity contribution in [2.75, 3.05) is 0 Å². The molecule has 0 amide bonds. The minimum absolute atomic E-state index is 0.0345. The Balaban J connectivity index is 1.36. The summed E-state index contributed by atoms with van der Waals surface area (Å²) in [4.78, 5) is 9.71. The number of aryl methyl sites for hydroxylation is 1. The average Bonchev–Trinajstić information content (AvgIpc) is 3.60. The molecule has 0 saturated carbocycles. The van der Waals surface area contributed by atoms with Crippen molar-refractivity contribution in [2.45, 2.75) is 83.5 Å². The molecule has 0 fully saturated rings. The number of fused-ring (bicyclic) bond motifs is 6. The van der Waals surface area contributed by atoms with Crippen molar-refractivity contribution in [1.82, 2.24) is 9.97 Å². The minimum atomic E-state index is -0.0345. The lowest BCUT2D eigenvalue weighted by Crippen LogP contribution is -2.24. The molecule has 0 aliphatic heterocycles. The molecule has 7 rings (SSSR count). The summed E-state index contributed by atoms with van der Waals surface area (Å²) in [6.07, 6.45) is 3.23. The summed E-state index contributed by atoms with van der Waals surface area (Å²) < 4.78 is 12.6. The van der Waals surface area contributed by atoms with Gasteiger partial charge in [0.2, 0.25) is 5.89 Å². The minimum Gasteiger partial charge on any atom is -0.440 e. The van der Waals surface area contributed by atoms with Gasteiger partial charge in [-0.15, -0.1) is 0 Å². The van der Waals surface area contributed by atoms with Crippen LogP contribution in [0.3, 0.4) is 0 Å². The van der Waals surface area contributed by atoms with Crippen molar-refractivity contribution in [3.63, 3.8) is 0 Å². The van der Waals surface area contributed by atoms with E-state index in [2.05, 4.69) is 90.1 Å². The van der Waals surface area contributed by atoms with E-state index in [9.17, 15) is 0 Å². The molecule has 3 aromatic carbocycles. The Hall–Kier alpha value is -3.40. The fourth-order valence-electron chi connectivity index (χ4n) is 6.89. The van der Waals surface area contributed by atoms with E-state index in [0.29, 0.717) is 11.8 Å². The van der Waals surface area contributed by atoms with Gasteiger partial charge in [-0.3, -0.25) is 0 Å². The Morgan fingerprint density at radius 3 is 2.19 bits per heavy atom. The van der Waals surface area contributed by atoms with Crippen molar-refractivity contribution < 1.29 is 8.83 Å². The van der Waals surface area contributed by atoms with Crippen LogP contribution in [0.4, 0.5) is 0 Å². The Bertz CT molecular complexity index is 1680. The maximum Gasteiger partial charge on any atom is 0.227 e. The van der Waals surface area contributed by atoms with Gasteiger partial charge in [0.1, 0.15) is 11.0 Å². The molecule has 37 heavy (non-hydrogen) atoms. The maximum atomic E-state index is 6.38. The quantitative estimate of drug-likeness (QED) is 0.253. The van der Waals surface area contributed by atoms with Crippen LogP contribution in [-0.4, -0.2) is 9.97 Å². The number of nitrogens with zero attached hydrogens (tertiary/aromatic N) is 2. The molecule has 1 unspecified atom stereocenters. The summed E-state index contributed by atoms with van der Waals surface area (Å²) in [5, 5.41) is 0. The molecule has 2 aliphatic rings. The SMILES string of the molecule is CC(C)c1ccc(-c2nc3cc4c(cc3o2)C2(CC4)CC(C)(C)c3cc4nc(C(C)C)oc4cc32)cc1. The van der Waals surface area contributed by atoms with Gasteiger partial charge in [-0.2, -0.15) is 0 Å². The van der Waals surface area contributed by atoms with Crippen molar-refractivity contribution in [2.24, 2.45) is 0 Å². The van der Waals surface area contributed by atoms with Crippen LogP contribution in [0.5, 0.6) is 0 Å². The standard InChI is InChI=1S/C33H34N2O2/c1-18(2)20-7-9-21(10-8-20)31-35-26-13-22-11-12-33(23(22)15-28(26)37-31)17-32(5,6)24-14-27-29(16-25(24)33)36-30(34-27)19(3)4/h7-10,13-16,18-19H,11-12,17H2,1-6H3. The highest BCUT2D eigenvalue weighted by Gasteiger charge is 2.52. The number of aromatic nitrogens is 2. The lowest BCUT2D eigenvalue weighted by molar-refractivity contribution is 0.399. The third kappa shape index (κ3) is 3.27. The van der Waals surface area contributed by atoms with Gasteiger partial charge in [0, 0.05) is 16.9 Å². The van der Waals surface area contributed by atoms with Crippen LogP contribution in [0.15, 0.2) is 57.4 Å². The van der Waals surface area contributed by atoms with Gasteiger partial charge in [-0.25, -0.2) is 9.97 Å². The molecule has 4 heteroatoms. The fraction of sp³-hybridized carbons (Fsp3) is 0.394. The van der Waals surface area contributed by atoms with Gasteiger partial charge in [-0.1, -0.05) is 53.7 Å². The van der Waals surface area contributed by atoms with Crippen molar-refractivity contribution in [3.05, 3.63) is 82.2 Å². The van der Waals surface area contributed by atoms with E-state index in [1.54, 1.807) is 0 Å². The van der Waals surface area contributed by atoms with Crippen LogP contribution in [0.1, 0.15) is 99.9 Å². The van der Waals surface area contributed by atoms with Crippen LogP contribution in [0.25, 0.3) is 33.7 Å². The van der Waals surface area contributed by atoms with Gasteiger partial charge in [-0.05, 0) is 94.8 Å². The van der Waals surface area contributed by atoms with E-state index in [-0.39, 0.29) is 16.7 Å². The highest BCUT2D eigenvalue weighted by Crippen LogP contribution is 2.59. The van der Waals surface area contributed by atoms with E-state index in [4.69, 9.17) is 18.8 Å². The maximum absolute atomic E-state index is 6.38. The second-order valence-corrected chi connectivity index (χ2v) is 12.5. The van der Waals surface area contributed by atoms with Crippen molar-refractivity contribution in [1.29, 1.82) is 0 Å². The molecule has 0 saturated heterocycles. The lowest BCUT2D eigenvalue weighted by atomic mass is 9.74. The summed E-state index contributed by atoms with van der Waals surface area (Å²) in [5.74, 6) is 2.28. The van der Waals surface area contributed by atoms with Crippen LogP contribution in [0, 0.1) is 0 Å². The monoisotopic (exact) mass is 490 g/mol. The third-order valence-electron chi connectivity index (χ3n) is 8.80. The Kier molecular flexibility index (Phi) is 4.66. The average molecular weight is 491 g/mol. The number of hydrogen-bond donors (Lipinski definition) is 0. The highest BCUT2D eigenvalue weighted by molar-refractivity contribution is 5.82. The molecule has 0 bridgehead atoms. The number of benzene rings is 3. The zero-order chi connectivity index (χ0) is 25.7. The predicted octanol–water partition coefficient (Wildman–Crippen LogP) is 8.80. The molecule has 0 N–H and O–H groups in total. The molecular weight excluding hydrogens is 456 g/mol. The van der Waals surface area contributed by atoms with Crippen molar-refractivity contribution >= 4 is 22.2 Å². The normalized spacial score (nSPS) is 20.1. The van der Waals surface area contributed by atoms with Gasteiger partial charge in [0.05, 0.1) is 0 Å². The zero-order valence-corrected chi connectivity index (χ0v) is 22.6. The number of oxazole rings is 2. The first-order valence-electron chi connectivity index (χ1n) is 13.6. The number of rotatable bonds is 3. The molecule has 2 heterocycles. The molecule has 0 radical (unpaired) electrons. The predicted molar refractivity (Wildman–Crippen MR) is 148 cm³/mol. The Morgan fingerprint density at radius 2 is 1.46 bits per heavy atom. The summed E-state index contributed by atoms with van der Waals surface area (Å²) in [6, 6.07) is 17.7. The largest absolute Gasteiger partial charge is 0.440 e. The summed E-state index contributed by atoms with van der Waals surface area (Å²) in [7, 11) is 0. The Labute approximate surface area is 218 Å². The summed E-state index contributed by atoms with van der Waals surface area (Å²) in [6.45, 7) is 13.4. The van der Waals surface area contributed by atoms with E-state index in [1.807, 2.05) is 0 Å². The smallest absolute Gasteiger partial charge is 0.227 e. The van der Waals surface area contributed by atoms with Crippen LogP contribution in [0.2, 0.25) is 0 Å².